The first-order valence-electron chi connectivity index (χ1n) is 8.01. The van der Waals surface area contributed by atoms with E-state index >= 15 is 0 Å². The smallest absolute Gasteiger partial charge is 0.271 e. The molecule has 0 radical (unpaired) electrons. The summed E-state index contributed by atoms with van der Waals surface area (Å²) < 4.78 is 18.6. The van der Waals surface area contributed by atoms with Gasteiger partial charge in [-0.2, -0.15) is 5.10 Å². The Labute approximate surface area is 141 Å². The summed E-state index contributed by atoms with van der Waals surface area (Å²) in [6, 6.07) is 12.8. The zero-order valence-corrected chi connectivity index (χ0v) is 13.7. The van der Waals surface area contributed by atoms with Gasteiger partial charge in [0.25, 0.3) is 5.91 Å². The van der Waals surface area contributed by atoms with Gasteiger partial charge in [0.1, 0.15) is 11.6 Å². The Morgan fingerprint density at radius 1 is 1.17 bits per heavy atom. The molecule has 0 saturated heterocycles. The number of hydrogen-bond acceptors (Lipinski definition) is 3. The molecule has 5 heteroatoms. The minimum absolute atomic E-state index is 0.345. The molecule has 0 atom stereocenters. The number of rotatable bonds is 8. The molecule has 0 aliphatic heterocycles. The number of carbonyl (C=O) groups is 1. The number of carbonyl (C=O) groups excluding carboxylic acids is 1. The summed E-state index contributed by atoms with van der Waals surface area (Å²) in [5, 5.41) is 3.95. The van der Waals surface area contributed by atoms with Crippen molar-refractivity contribution in [2.45, 2.75) is 26.2 Å². The van der Waals surface area contributed by atoms with Crippen LogP contribution in [0.3, 0.4) is 0 Å². The van der Waals surface area contributed by atoms with Gasteiger partial charge in [0.05, 0.1) is 12.8 Å². The van der Waals surface area contributed by atoms with Gasteiger partial charge < -0.3 is 4.74 Å². The van der Waals surface area contributed by atoms with Crippen molar-refractivity contribution in [1.82, 2.24) is 5.43 Å². The van der Waals surface area contributed by atoms with Crippen LogP contribution in [0.4, 0.5) is 4.39 Å². The van der Waals surface area contributed by atoms with E-state index in [-0.39, 0.29) is 5.82 Å². The second kappa shape index (κ2) is 9.45. The van der Waals surface area contributed by atoms with E-state index in [1.54, 1.807) is 0 Å². The maximum atomic E-state index is 12.8. The SMILES string of the molecule is CCCCCOc1ccccc1C=NNC(=O)c1ccc(F)cc1. The van der Waals surface area contributed by atoms with Crippen LogP contribution < -0.4 is 10.2 Å². The van der Waals surface area contributed by atoms with Crippen LogP contribution in [-0.4, -0.2) is 18.7 Å². The number of nitrogens with zero attached hydrogens (tertiary/aromatic N) is 1. The van der Waals surface area contributed by atoms with E-state index in [2.05, 4.69) is 17.5 Å². The number of nitrogens with one attached hydrogen (secondary N) is 1. The van der Waals surface area contributed by atoms with Crippen LogP contribution in [0, 0.1) is 5.82 Å². The molecule has 126 valence electrons. The molecule has 0 heterocycles. The molecule has 0 bridgehead atoms. The van der Waals surface area contributed by atoms with Gasteiger partial charge in [-0.1, -0.05) is 31.9 Å². The molecule has 4 nitrogen and oxygen atoms in total. The third-order valence-electron chi connectivity index (χ3n) is 3.40. The zero-order chi connectivity index (χ0) is 17.2. The Balaban J connectivity index is 1.93. The number of halogens is 1. The summed E-state index contributed by atoms with van der Waals surface area (Å²) in [6.45, 7) is 2.80. The normalized spacial score (nSPS) is 10.8. The van der Waals surface area contributed by atoms with Crippen molar-refractivity contribution in [3.8, 4) is 5.75 Å². The summed E-state index contributed by atoms with van der Waals surface area (Å²) >= 11 is 0. The highest BCUT2D eigenvalue weighted by Gasteiger charge is 2.04. The lowest BCUT2D eigenvalue weighted by atomic mass is 10.2. The van der Waals surface area contributed by atoms with Crippen LogP contribution in [-0.2, 0) is 0 Å². The average molecular weight is 328 g/mol. The lowest BCUT2D eigenvalue weighted by Gasteiger charge is -2.08. The molecule has 2 aromatic carbocycles. The molecule has 0 aliphatic carbocycles. The van der Waals surface area contributed by atoms with E-state index in [9.17, 15) is 9.18 Å². The molecule has 2 aromatic rings. The molecular formula is C19H21FN2O2. The monoisotopic (exact) mass is 328 g/mol. The van der Waals surface area contributed by atoms with Gasteiger partial charge in [-0.05, 0) is 42.8 Å². The highest BCUT2D eigenvalue weighted by atomic mass is 19.1. The minimum Gasteiger partial charge on any atom is -0.493 e. The predicted molar refractivity (Wildman–Crippen MR) is 92.9 cm³/mol. The second-order valence-corrected chi connectivity index (χ2v) is 5.30. The molecule has 0 fully saturated rings. The van der Waals surface area contributed by atoms with E-state index < -0.39 is 5.91 Å². The van der Waals surface area contributed by atoms with Crippen LogP contribution in [0.25, 0.3) is 0 Å². The summed E-state index contributed by atoms with van der Waals surface area (Å²) in [4.78, 5) is 11.9. The van der Waals surface area contributed by atoms with Gasteiger partial charge >= 0.3 is 0 Å². The first-order chi connectivity index (χ1) is 11.7. The van der Waals surface area contributed by atoms with Crippen molar-refractivity contribution < 1.29 is 13.9 Å². The third-order valence-corrected chi connectivity index (χ3v) is 3.40. The van der Waals surface area contributed by atoms with Crippen molar-refractivity contribution in [2.24, 2.45) is 5.10 Å². The van der Waals surface area contributed by atoms with Gasteiger partial charge in [-0.3, -0.25) is 4.79 Å². The van der Waals surface area contributed by atoms with Gasteiger partial charge in [0, 0.05) is 11.1 Å². The van der Waals surface area contributed by atoms with Crippen molar-refractivity contribution in [1.29, 1.82) is 0 Å². The molecule has 1 N–H and O–H groups in total. The lowest BCUT2D eigenvalue weighted by molar-refractivity contribution is 0.0955. The van der Waals surface area contributed by atoms with E-state index in [0.29, 0.717) is 12.2 Å². The van der Waals surface area contributed by atoms with Crippen LogP contribution in [0.5, 0.6) is 5.75 Å². The number of ether oxygens (including phenoxy) is 1. The Morgan fingerprint density at radius 2 is 1.92 bits per heavy atom. The number of para-hydroxylation sites is 1. The van der Waals surface area contributed by atoms with Gasteiger partial charge in [0.15, 0.2) is 0 Å². The fraction of sp³-hybridized carbons (Fsp3) is 0.263. The molecule has 0 unspecified atom stereocenters. The topological polar surface area (TPSA) is 50.7 Å². The van der Waals surface area contributed by atoms with Crippen molar-refractivity contribution in [2.75, 3.05) is 6.61 Å². The molecule has 0 saturated carbocycles. The summed E-state index contributed by atoms with van der Waals surface area (Å²) in [7, 11) is 0. The van der Waals surface area contributed by atoms with Crippen LogP contribution >= 0.6 is 0 Å². The van der Waals surface area contributed by atoms with E-state index in [1.165, 1.54) is 30.5 Å². The number of amides is 1. The fourth-order valence-corrected chi connectivity index (χ4v) is 2.08. The highest BCUT2D eigenvalue weighted by molar-refractivity contribution is 5.95. The summed E-state index contributed by atoms with van der Waals surface area (Å²) in [5.41, 5.74) is 3.55. The summed E-state index contributed by atoms with van der Waals surface area (Å²) in [6.07, 6.45) is 4.81. The number of hydrogen-bond donors (Lipinski definition) is 1. The predicted octanol–water partition coefficient (Wildman–Crippen LogP) is 4.16. The number of hydrazone groups is 1. The van der Waals surface area contributed by atoms with Gasteiger partial charge in [-0.15, -0.1) is 0 Å². The Bertz CT molecular complexity index is 684. The third kappa shape index (κ3) is 5.50. The Kier molecular flexibility index (Phi) is 6.95. The first-order valence-corrected chi connectivity index (χ1v) is 8.01. The summed E-state index contributed by atoms with van der Waals surface area (Å²) in [5.74, 6) is -0.0508. The fourth-order valence-electron chi connectivity index (χ4n) is 2.08. The minimum atomic E-state index is -0.396. The highest BCUT2D eigenvalue weighted by Crippen LogP contribution is 2.16. The maximum absolute atomic E-state index is 12.8. The number of unbranched alkanes of at least 4 members (excludes halogenated alkanes) is 2. The van der Waals surface area contributed by atoms with Crippen LogP contribution in [0.1, 0.15) is 42.1 Å². The Hall–Kier alpha value is -2.69. The van der Waals surface area contributed by atoms with Gasteiger partial charge in [-0.25, -0.2) is 9.82 Å². The van der Waals surface area contributed by atoms with E-state index in [4.69, 9.17) is 4.74 Å². The molecular weight excluding hydrogens is 307 g/mol. The lowest BCUT2D eigenvalue weighted by Crippen LogP contribution is -2.17. The quantitative estimate of drug-likeness (QED) is 0.449. The van der Waals surface area contributed by atoms with Crippen LogP contribution in [0.2, 0.25) is 0 Å². The van der Waals surface area contributed by atoms with E-state index in [0.717, 1.165) is 30.6 Å². The van der Waals surface area contributed by atoms with Crippen LogP contribution in [0.15, 0.2) is 53.6 Å². The molecule has 0 aromatic heterocycles. The molecule has 1 amide bonds. The standard InChI is InChI=1S/C19H21FN2O2/c1-2-3-6-13-24-18-8-5-4-7-16(18)14-21-22-19(23)15-9-11-17(20)12-10-15/h4-5,7-12,14H,2-3,6,13H2,1H3,(H,22,23). The Morgan fingerprint density at radius 3 is 2.67 bits per heavy atom. The maximum Gasteiger partial charge on any atom is 0.271 e. The van der Waals surface area contributed by atoms with E-state index in [1.807, 2.05) is 24.3 Å². The largest absolute Gasteiger partial charge is 0.493 e. The van der Waals surface area contributed by atoms with Crippen molar-refractivity contribution >= 4 is 12.1 Å². The first kappa shape index (κ1) is 17.7. The van der Waals surface area contributed by atoms with Crippen molar-refractivity contribution in [3.63, 3.8) is 0 Å². The second-order valence-electron chi connectivity index (χ2n) is 5.30. The van der Waals surface area contributed by atoms with Crippen molar-refractivity contribution in [3.05, 3.63) is 65.5 Å². The van der Waals surface area contributed by atoms with Gasteiger partial charge in [0.2, 0.25) is 0 Å². The molecule has 24 heavy (non-hydrogen) atoms. The zero-order valence-electron chi connectivity index (χ0n) is 13.7. The average Bonchev–Trinajstić information content (AvgIpc) is 2.60. The molecule has 0 spiro atoms. The molecule has 2 rings (SSSR count). The number of benzene rings is 2. The molecule has 0 aliphatic rings.